The average Bonchev–Trinajstić information content (AvgIpc) is 3.37. The largest absolute Gasteiger partial charge is 0.353 e. The zero-order valence-electron chi connectivity index (χ0n) is 17.3. The Morgan fingerprint density at radius 3 is 2.48 bits per heavy atom. The molecule has 2 aliphatic heterocycles. The highest BCUT2D eigenvalue weighted by atomic mass is 35.5. The van der Waals surface area contributed by atoms with Crippen molar-refractivity contribution >= 4 is 24.2 Å². The fraction of sp³-hybridized carbons (Fsp3) is 0.762. The summed E-state index contributed by atoms with van der Waals surface area (Å²) in [7, 11) is 1.91. The molecule has 0 spiro atoms. The van der Waals surface area contributed by atoms with Gasteiger partial charge in [-0.2, -0.15) is 5.10 Å². The Morgan fingerprint density at radius 1 is 1.10 bits per heavy atom. The number of hydrogen-bond donors (Lipinski definition) is 2. The van der Waals surface area contributed by atoms with Crippen LogP contribution in [0.15, 0.2) is 12.4 Å². The molecule has 1 aliphatic carbocycles. The maximum atomic E-state index is 13.1. The van der Waals surface area contributed by atoms with Crippen LogP contribution in [0.2, 0.25) is 0 Å². The lowest BCUT2D eigenvalue weighted by molar-refractivity contribution is -0.136. The lowest BCUT2D eigenvalue weighted by Crippen LogP contribution is -2.49. The molecule has 162 valence electrons. The van der Waals surface area contributed by atoms with Crippen molar-refractivity contribution in [1.82, 2.24) is 25.3 Å². The van der Waals surface area contributed by atoms with E-state index in [0.29, 0.717) is 0 Å². The normalized spacial score (nSPS) is 26.2. The number of piperidine rings is 1. The van der Waals surface area contributed by atoms with Gasteiger partial charge in [-0.25, -0.2) is 0 Å². The molecule has 0 unspecified atom stereocenters. The van der Waals surface area contributed by atoms with Gasteiger partial charge in [0.1, 0.15) is 0 Å². The van der Waals surface area contributed by atoms with E-state index in [1.807, 2.05) is 24.3 Å². The van der Waals surface area contributed by atoms with Crippen molar-refractivity contribution in [2.45, 2.75) is 56.9 Å². The SMILES string of the molecule is Cl.Cn1cc([C@H]2CNC[C@@H]2C(=O)N2CCC(NC(=O)C3CCCCC3)CC2)cn1. The maximum Gasteiger partial charge on any atom is 0.227 e. The highest BCUT2D eigenvalue weighted by Gasteiger charge is 2.38. The summed E-state index contributed by atoms with van der Waals surface area (Å²) in [5.74, 6) is 0.873. The number of amides is 2. The van der Waals surface area contributed by atoms with Crippen LogP contribution in [0.5, 0.6) is 0 Å². The standard InChI is InChI=1S/C21H33N5O2.ClH/c1-25-14-16(11-23-25)18-12-22-13-19(18)21(28)26-9-7-17(8-10-26)24-20(27)15-5-3-2-4-6-15;/h11,14-15,17-19,22H,2-10,12-13H2,1H3,(H,24,27);1H/t18-,19+;/m1./s1. The smallest absolute Gasteiger partial charge is 0.227 e. The molecule has 0 radical (unpaired) electrons. The van der Waals surface area contributed by atoms with E-state index < -0.39 is 0 Å². The van der Waals surface area contributed by atoms with Gasteiger partial charge in [0.05, 0.1) is 12.1 Å². The van der Waals surface area contributed by atoms with Crippen LogP contribution in [0.1, 0.15) is 56.4 Å². The number of nitrogens with one attached hydrogen (secondary N) is 2. The van der Waals surface area contributed by atoms with E-state index in [-0.39, 0.29) is 48.0 Å². The summed E-state index contributed by atoms with van der Waals surface area (Å²) in [5.41, 5.74) is 1.14. The van der Waals surface area contributed by atoms with Gasteiger partial charge in [-0.05, 0) is 31.2 Å². The van der Waals surface area contributed by atoms with E-state index in [2.05, 4.69) is 15.7 Å². The van der Waals surface area contributed by atoms with Gasteiger partial charge in [0, 0.05) is 57.3 Å². The third kappa shape index (κ3) is 5.12. The van der Waals surface area contributed by atoms with E-state index in [1.54, 1.807) is 4.68 Å². The fourth-order valence-electron chi connectivity index (χ4n) is 5.08. The van der Waals surface area contributed by atoms with Gasteiger partial charge in [-0.1, -0.05) is 19.3 Å². The molecule has 0 aromatic carbocycles. The first-order chi connectivity index (χ1) is 13.6. The number of carbonyl (C=O) groups excluding carboxylic acids is 2. The molecule has 8 heteroatoms. The molecule has 0 bridgehead atoms. The molecule has 3 heterocycles. The number of nitrogens with zero attached hydrogens (tertiary/aromatic N) is 3. The first kappa shape index (κ1) is 22.1. The van der Waals surface area contributed by atoms with E-state index in [9.17, 15) is 9.59 Å². The van der Waals surface area contributed by atoms with Crippen LogP contribution < -0.4 is 10.6 Å². The van der Waals surface area contributed by atoms with Crippen molar-refractivity contribution in [3.63, 3.8) is 0 Å². The minimum Gasteiger partial charge on any atom is -0.353 e. The number of rotatable bonds is 4. The lowest BCUT2D eigenvalue weighted by Gasteiger charge is -2.35. The third-order valence-corrected chi connectivity index (χ3v) is 6.81. The predicted molar refractivity (Wildman–Crippen MR) is 114 cm³/mol. The van der Waals surface area contributed by atoms with Crippen LogP contribution in [0, 0.1) is 11.8 Å². The molecule has 29 heavy (non-hydrogen) atoms. The van der Waals surface area contributed by atoms with Gasteiger partial charge in [0.25, 0.3) is 0 Å². The molecule has 4 rings (SSSR count). The second kappa shape index (κ2) is 9.94. The second-order valence-electron chi connectivity index (χ2n) is 8.76. The molecular weight excluding hydrogens is 390 g/mol. The van der Waals surface area contributed by atoms with Gasteiger partial charge in [-0.15, -0.1) is 12.4 Å². The summed E-state index contributed by atoms with van der Waals surface area (Å²) >= 11 is 0. The van der Waals surface area contributed by atoms with E-state index in [1.165, 1.54) is 19.3 Å². The summed E-state index contributed by atoms with van der Waals surface area (Å²) in [4.78, 5) is 27.6. The van der Waals surface area contributed by atoms with Crippen LogP contribution in [0.4, 0.5) is 0 Å². The van der Waals surface area contributed by atoms with E-state index in [0.717, 1.165) is 57.4 Å². The topological polar surface area (TPSA) is 79.3 Å². The van der Waals surface area contributed by atoms with Crippen LogP contribution in [-0.4, -0.2) is 58.7 Å². The Labute approximate surface area is 179 Å². The lowest BCUT2D eigenvalue weighted by atomic mass is 9.88. The quantitative estimate of drug-likeness (QED) is 0.774. The molecule has 2 N–H and O–H groups in total. The first-order valence-corrected chi connectivity index (χ1v) is 10.9. The van der Waals surface area contributed by atoms with Gasteiger partial charge in [-0.3, -0.25) is 14.3 Å². The summed E-state index contributed by atoms with van der Waals surface area (Å²) < 4.78 is 1.80. The molecule has 3 aliphatic rings. The van der Waals surface area contributed by atoms with Crippen molar-refractivity contribution in [1.29, 1.82) is 0 Å². The Morgan fingerprint density at radius 2 is 1.83 bits per heavy atom. The fourth-order valence-corrected chi connectivity index (χ4v) is 5.08. The van der Waals surface area contributed by atoms with Gasteiger partial charge >= 0.3 is 0 Å². The summed E-state index contributed by atoms with van der Waals surface area (Å²) in [6.07, 6.45) is 11.3. The van der Waals surface area contributed by atoms with Crippen LogP contribution in [0.3, 0.4) is 0 Å². The zero-order valence-corrected chi connectivity index (χ0v) is 18.1. The highest BCUT2D eigenvalue weighted by molar-refractivity contribution is 5.85. The van der Waals surface area contributed by atoms with Crippen molar-refractivity contribution in [2.24, 2.45) is 18.9 Å². The zero-order chi connectivity index (χ0) is 19.5. The van der Waals surface area contributed by atoms with Gasteiger partial charge in [0.15, 0.2) is 0 Å². The van der Waals surface area contributed by atoms with E-state index in [4.69, 9.17) is 0 Å². The molecule has 1 aromatic heterocycles. The highest BCUT2D eigenvalue weighted by Crippen LogP contribution is 2.30. The number of carbonyl (C=O) groups is 2. The van der Waals surface area contributed by atoms with Crippen molar-refractivity contribution in [3.05, 3.63) is 18.0 Å². The molecule has 1 saturated carbocycles. The monoisotopic (exact) mass is 423 g/mol. The van der Waals surface area contributed by atoms with Crippen LogP contribution in [0.25, 0.3) is 0 Å². The van der Waals surface area contributed by atoms with E-state index >= 15 is 0 Å². The van der Waals surface area contributed by atoms with Crippen molar-refractivity contribution in [2.75, 3.05) is 26.2 Å². The van der Waals surface area contributed by atoms with Gasteiger partial charge in [0.2, 0.25) is 11.8 Å². The number of aryl methyl sites for hydroxylation is 1. The van der Waals surface area contributed by atoms with Gasteiger partial charge < -0.3 is 15.5 Å². The molecule has 2 atom stereocenters. The van der Waals surface area contributed by atoms with Crippen LogP contribution >= 0.6 is 12.4 Å². The Balaban J connectivity index is 0.00000240. The minimum absolute atomic E-state index is 0. The molecule has 2 amide bonds. The predicted octanol–water partition coefficient (Wildman–Crippen LogP) is 1.83. The summed E-state index contributed by atoms with van der Waals surface area (Å²) in [6.45, 7) is 3.04. The third-order valence-electron chi connectivity index (χ3n) is 6.81. The first-order valence-electron chi connectivity index (χ1n) is 10.9. The molecule has 1 aromatic rings. The Bertz CT molecular complexity index is 695. The molecule has 7 nitrogen and oxygen atoms in total. The summed E-state index contributed by atoms with van der Waals surface area (Å²) in [6, 6.07) is 0.217. The minimum atomic E-state index is -0.0161. The van der Waals surface area contributed by atoms with Crippen molar-refractivity contribution in [3.8, 4) is 0 Å². The second-order valence-corrected chi connectivity index (χ2v) is 8.76. The van der Waals surface area contributed by atoms with Crippen molar-refractivity contribution < 1.29 is 9.59 Å². The number of likely N-dealkylation sites (tertiary alicyclic amines) is 1. The summed E-state index contributed by atoms with van der Waals surface area (Å²) in [5, 5.41) is 10.9. The Kier molecular flexibility index (Phi) is 7.57. The number of aromatic nitrogens is 2. The molecule has 3 fully saturated rings. The number of halogens is 1. The maximum absolute atomic E-state index is 13.1. The average molecular weight is 424 g/mol. The van der Waals surface area contributed by atoms with Crippen LogP contribution in [-0.2, 0) is 16.6 Å². The molecular formula is C21H34ClN5O2. The molecule has 2 saturated heterocycles. The number of hydrogen-bond acceptors (Lipinski definition) is 4. The Hall–Kier alpha value is -1.60.